The van der Waals surface area contributed by atoms with Gasteiger partial charge in [0.05, 0.1) is 17.1 Å². The van der Waals surface area contributed by atoms with E-state index < -0.39 is 6.04 Å². The van der Waals surface area contributed by atoms with Gasteiger partial charge in [-0.15, -0.1) is 0 Å². The molecule has 0 bridgehead atoms. The quantitative estimate of drug-likeness (QED) is 0.873. The largest absolute Gasteiger partial charge is 0.490 e. The Kier molecular flexibility index (Phi) is 3.23. The van der Waals surface area contributed by atoms with Crippen LogP contribution in [-0.2, 0) is 12.8 Å². The number of benzene rings is 1. The number of ether oxygens (including phenoxy) is 2. The van der Waals surface area contributed by atoms with Crippen LogP contribution in [-0.4, -0.2) is 23.9 Å². The minimum atomic E-state index is -0.421. The first kappa shape index (κ1) is 13.2. The van der Waals surface area contributed by atoms with Gasteiger partial charge in [0, 0.05) is 29.5 Å². The standard InChI is InChI=1S/C14H18BrNO3/c1-6-3-8-11(10(16)5-17)13-9(4-7(2)18-13)12(15)14(8)19-6/h6-7,10,17H,3-5,16H2,1-2H3. The van der Waals surface area contributed by atoms with Crippen LogP contribution in [0.2, 0.25) is 0 Å². The van der Waals surface area contributed by atoms with Crippen molar-refractivity contribution < 1.29 is 14.6 Å². The first-order chi connectivity index (χ1) is 9.02. The summed E-state index contributed by atoms with van der Waals surface area (Å²) in [4.78, 5) is 0. The van der Waals surface area contributed by atoms with E-state index in [9.17, 15) is 5.11 Å². The van der Waals surface area contributed by atoms with Gasteiger partial charge in [-0.05, 0) is 29.8 Å². The molecule has 3 unspecified atom stereocenters. The summed E-state index contributed by atoms with van der Waals surface area (Å²) in [6, 6.07) is -0.421. The fourth-order valence-electron chi connectivity index (χ4n) is 2.98. The molecule has 3 atom stereocenters. The van der Waals surface area contributed by atoms with Crippen molar-refractivity contribution in [1.82, 2.24) is 0 Å². The van der Waals surface area contributed by atoms with Gasteiger partial charge in [0.15, 0.2) is 0 Å². The fourth-order valence-corrected chi connectivity index (χ4v) is 3.65. The van der Waals surface area contributed by atoms with Crippen LogP contribution < -0.4 is 15.2 Å². The van der Waals surface area contributed by atoms with Crippen LogP contribution in [0.15, 0.2) is 4.47 Å². The van der Waals surface area contributed by atoms with Crippen molar-refractivity contribution in [3.63, 3.8) is 0 Å². The molecule has 19 heavy (non-hydrogen) atoms. The second-order valence-corrected chi connectivity index (χ2v) is 6.19. The third-order valence-electron chi connectivity index (χ3n) is 3.77. The summed E-state index contributed by atoms with van der Waals surface area (Å²) in [7, 11) is 0. The summed E-state index contributed by atoms with van der Waals surface area (Å²) in [5.74, 6) is 1.72. The second kappa shape index (κ2) is 4.65. The molecule has 2 aliphatic heterocycles. The summed E-state index contributed by atoms with van der Waals surface area (Å²) in [6.45, 7) is 3.98. The molecule has 2 aliphatic rings. The maximum atomic E-state index is 9.42. The zero-order valence-corrected chi connectivity index (χ0v) is 12.7. The van der Waals surface area contributed by atoms with E-state index in [0.29, 0.717) is 0 Å². The average Bonchev–Trinajstić information content (AvgIpc) is 2.92. The van der Waals surface area contributed by atoms with Gasteiger partial charge in [0.2, 0.25) is 0 Å². The predicted octanol–water partition coefficient (Wildman–Crippen LogP) is 2.09. The number of halogens is 1. The van der Waals surface area contributed by atoms with Crippen LogP contribution in [0, 0.1) is 0 Å². The lowest BCUT2D eigenvalue weighted by molar-refractivity contribution is 0.239. The molecule has 3 rings (SSSR count). The molecule has 0 amide bonds. The van der Waals surface area contributed by atoms with Crippen molar-refractivity contribution in [2.45, 2.75) is 44.9 Å². The zero-order chi connectivity index (χ0) is 13.7. The van der Waals surface area contributed by atoms with E-state index >= 15 is 0 Å². The highest BCUT2D eigenvalue weighted by Gasteiger charge is 2.36. The molecule has 1 aromatic rings. The molecule has 104 valence electrons. The third-order valence-corrected chi connectivity index (χ3v) is 4.61. The first-order valence-corrected chi connectivity index (χ1v) is 7.39. The Bertz CT molecular complexity index is 493. The minimum absolute atomic E-state index is 0.0906. The minimum Gasteiger partial charge on any atom is -0.490 e. The van der Waals surface area contributed by atoms with E-state index in [0.717, 1.165) is 45.5 Å². The number of fused-ring (bicyclic) bond motifs is 2. The molecule has 0 radical (unpaired) electrons. The predicted molar refractivity (Wildman–Crippen MR) is 75.7 cm³/mol. The van der Waals surface area contributed by atoms with Gasteiger partial charge in [0.25, 0.3) is 0 Å². The smallest absolute Gasteiger partial charge is 0.138 e. The molecule has 0 saturated heterocycles. The second-order valence-electron chi connectivity index (χ2n) is 5.40. The molecular weight excluding hydrogens is 310 g/mol. The van der Waals surface area contributed by atoms with E-state index in [1.807, 2.05) is 13.8 Å². The number of hydrogen-bond donors (Lipinski definition) is 2. The third kappa shape index (κ3) is 1.95. The van der Waals surface area contributed by atoms with Crippen LogP contribution in [0.4, 0.5) is 0 Å². The SMILES string of the molecule is CC1Cc2c(c(Br)c3c(c2C(N)CO)OC(C)C3)O1. The summed E-state index contributed by atoms with van der Waals surface area (Å²) >= 11 is 3.64. The summed E-state index contributed by atoms with van der Waals surface area (Å²) in [5.41, 5.74) is 9.19. The summed E-state index contributed by atoms with van der Waals surface area (Å²) < 4.78 is 12.8. The molecule has 0 fully saturated rings. The van der Waals surface area contributed by atoms with Crippen LogP contribution in [0.1, 0.15) is 36.6 Å². The van der Waals surface area contributed by atoms with Crippen molar-refractivity contribution in [1.29, 1.82) is 0 Å². The highest BCUT2D eigenvalue weighted by atomic mass is 79.9. The Morgan fingerprint density at radius 3 is 2.42 bits per heavy atom. The molecule has 0 aliphatic carbocycles. The Hall–Kier alpha value is -0.780. The lowest BCUT2D eigenvalue weighted by atomic mass is 9.94. The van der Waals surface area contributed by atoms with Crippen LogP contribution in [0.5, 0.6) is 11.5 Å². The van der Waals surface area contributed by atoms with Crippen molar-refractivity contribution >= 4 is 15.9 Å². The van der Waals surface area contributed by atoms with Gasteiger partial charge >= 0.3 is 0 Å². The Morgan fingerprint density at radius 1 is 1.21 bits per heavy atom. The molecule has 3 N–H and O–H groups in total. The summed E-state index contributed by atoms with van der Waals surface area (Å²) in [5, 5.41) is 9.42. The van der Waals surface area contributed by atoms with E-state index in [1.165, 1.54) is 0 Å². The van der Waals surface area contributed by atoms with Gasteiger partial charge in [-0.2, -0.15) is 0 Å². The van der Waals surface area contributed by atoms with Crippen LogP contribution >= 0.6 is 15.9 Å². The van der Waals surface area contributed by atoms with Crippen LogP contribution in [0.3, 0.4) is 0 Å². The molecule has 1 aromatic carbocycles. The molecule has 0 saturated carbocycles. The maximum Gasteiger partial charge on any atom is 0.138 e. The Morgan fingerprint density at radius 2 is 1.79 bits per heavy atom. The van der Waals surface area contributed by atoms with Gasteiger partial charge in [-0.3, -0.25) is 0 Å². The fraction of sp³-hybridized carbons (Fsp3) is 0.571. The molecule has 5 heteroatoms. The molecule has 4 nitrogen and oxygen atoms in total. The van der Waals surface area contributed by atoms with Crippen LogP contribution in [0.25, 0.3) is 0 Å². The van der Waals surface area contributed by atoms with Gasteiger partial charge < -0.3 is 20.3 Å². The summed E-state index contributed by atoms with van der Waals surface area (Å²) in [6.07, 6.45) is 1.92. The Balaban J connectivity index is 2.23. The lowest BCUT2D eigenvalue weighted by Crippen LogP contribution is -2.18. The number of hydrogen-bond acceptors (Lipinski definition) is 4. The molecular formula is C14H18BrNO3. The zero-order valence-electron chi connectivity index (χ0n) is 11.1. The number of rotatable bonds is 2. The van der Waals surface area contributed by atoms with Gasteiger partial charge in [-0.25, -0.2) is 0 Å². The topological polar surface area (TPSA) is 64.7 Å². The van der Waals surface area contributed by atoms with E-state index in [4.69, 9.17) is 15.2 Å². The van der Waals surface area contributed by atoms with Crippen molar-refractivity contribution in [3.8, 4) is 11.5 Å². The molecule has 0 spiro atoms. The highest BCUT2D eigenvalue weighted by Crippen LogP contribution is 2.50. The van der Waals surface area contributed by atoms with E-state index in [1.54, 1.807) is 0 Å². The van der Waals surface area contributed by atoms with Crippen molar-refractivity contribution in [2.24, 2.45) is 5.73 Å². The number of aliphatic hydroxyl groups is 1. The monoisotopic (exact) mass is 327 g/mol. The lowest BCUT2D eigenvalue weighted by Gasteiger charge is -2.18. The van der Waals surface area contributed by atoms with Crippen molar-refractivity contribution in [2.75, 3.05) is 6.61 Å². The Labute approximate surface area is 121 Å². The van der Waals surface area contributed by atoms with Gasteiger partial charge in [-0.1, -0.05) is 0 Å². The van der Waals surface area contributed by atoms with E-state index in [2.05, 4.69) is 15.9 Å². The molecule has 2 heterocycles. The number of nitrogens with two attached hydrogens (primary N) is 1. The normalized spacial score (nSPS) is 25.5. The van der Waals surface area contributed by atoms with Gasteiger partial charge in [0.1, 0.15) is 23.7 Å². The van der Waals surface area contributed by atoms with Crippen molar-refractivity contribution in [3.05, 3.63) is 21.2 Å². The first-order valence-electron chi connectivity index (χ1n) is 6.59. The van der Waals surface area contributed by atoms with E-state index in [-0.39, 0.29) is 18.8 Å². The highest BCUT2D eigenvalue weighted by molar-refractivity contribution is 9.10. The number of aliphatic hydroxyl groups excluding tert-OH is 1. The maximum absolute atomic E-state index is 9.42. The average molecular weight is 328 g/mol. The molecule has 0 aromatic heterocycles.